The quantitative estimate of drug-likeness (QED) is 0.559. The summed E-state index contributed by atoms with van der Waals surface area (Å²) in [6.45, 7) is 11.8. The largest absolute Gasteiger partial charge is 0.103 e. The zero-order valence-corrected chi connectivity index (χ0v) is 9.17. The molecule has 0 fully saturated rings. The Kier molecular flexibility index (Phi) is 5.96. The molecule has 0 spiro atoms. The highest BCUT2D eigenvalue weighted by molar-refractivity contribution is 5.23. The Labute approximate surface area is 82.3 Å². The van der Waals surface area contributed by atoms with Crippen LogP contribution in [-0.4, -0.2) is 0 Å². The van der Waals surface area contributed by atoms with Crippen LogP contribution in [0.4, 0.5) is 0 Å². The lowest BCUT2D eigenvalue weighted by Crippen LogP contribution is -1.85. The van der Waals surface area contributed by atoms with Gasteiger partial charge in [-0.05, 0) is 25.3 Å². The molecule has 0 nitrogen and oxygen atoms in total. The van der Waals surface area contributed by atoms with E-state index in [1.807, 2.05) is 6.92 Å². The van der Waals surface area contributed by atoms with Gasteiger partial charge in [-0.15, -0.1) is 6.58 Å². The summed E-state index contributed by atoms with van der Waals surface area (Å²) in [5, 5.41) is 0. The van der Waals surface area contributed by atoms with Gasteiger partial charge in [0.25, 0.3) is 0 Å². The molecule has 0 aliphatic heterocycles. The zero-order valence-electron chi connectivity index (χ0n) is 9.17. The molecule has 1 aromatic rings. The number of allylic oxidation sites excluding steroid dienone is 1. The van der Waals surface area contributed by atoms with E-state index in [4.69, 9.17) is 0 Å². The third kappa shape index (κ3) is 5.24. The first kappa shape index (κ1) is 12.0. The standard InChI is InChI=1S/C10H14.C3H6/c1-8(2)10-6-4-9(3)5-7-10;1-3-2/h4-8H,1-3H3;3H,1H2,2H3. The Morgan fingerprint density at radius 2 is 1.54 bits per heavy atom. The van der Waals surface area contributed by atoms with Crippen molar-refractivity contribution < 1.29 is 0 Å². The minimum atomic E-state index is 0.653. The molecule has 72 valence electrons. The van der Waals surface area contributed by atoms with Gasteiger partial charge >= 0.3 is 0 Å². The zero-order chi connectivity index (χ0) is 10.3. The summed E-state index contributed by atoms with van der Waals surface area (Å²) in [6.07, 6.45) is 1.75. The maximum absolute atomic E-state index is 3.36. The second kappa shape index (κ2) is 6.47. The van der Waals surface area contributed by atoms with Gasteiger partial charge < -0.3 is 0 Å². The van der Waals surface area contributed by atoms with Crippen molar-refractivity contribution in [3.05, 3.63) is 48.0 Å². The predicted octanol–water partition coefficient (Wildman–Crippen LogP) is 4.31. The summed E-state index contributed by atoms with van der Waals surface area (Å²) < 4.78 is 0. The van der Waals surface area contributed by atoms with Gasteiger partial charge in [0, 0.05) is 0 Å². The molecule has 13 heavy (non-hydrogen) atoms. The maximum Gasteiger partial charge on any atom is -0.0219 e. The van der Waals surface area contributed by atoms with Crippen LogP contribution in [-0.2, 0) is 0 Å². The Morgan fingerprint density at radius 3 is 1.85 bits per heavy atom. The molecule has 0 amide bonds. The van der Waals surface area contributed by atoms with Crippen molar-refractivity contribution in [3.8, 4) is 0 Å². The van der Waals surface area contributed by atoms with Gasteiger partial charge in [0.05, 0.1) is 0 Å². The smallest absolute Gasteiger partial charge is 0.0219 e. The van der Waals surface area contributed by atoms with Crippen molar-refractivity contribution in [2.75, 3.05) is 0 Å². The predicted molar refractivity (Wildman–Crippen MR) is 61.1 cm³/mol. The lowest BCUT2D eigenvalue weighted by atomic mass is 10.0. The third-order valence-electron chi connectivity index (χ3n) is 1.74. The van der Waals surface area contributed by atoms with E-state index in [0.29, 0.717) is 5.92 Å². The fourth-order valence-electron chi connectivity index (χ4n) is 0.951. The molecule has 1 aromatic carbocycles. The van der Waals surface area contributed by atoms with E-state index in [9.17, 15) is 0 Å². The first-order valence-electron chi connectivity index (χ1n) is 4.75. The summed E-state index contributed by atoms with van der Waals surface area (Å²) >= 11 is 0. The van der Waals surface area contributed by atoms with E-state index in [2.05, 4.69) is 51.6 Å². The molecule has 0 N–H and O–H groups in total. The molecule has 0 heterocycles. The van der Waals surface area contributed by atoms with Crippen LogP contribution >= 0.6 is 0 Å². The molecule has 0 bridgehead atoms. The summed E-state index contributed by atoms with van der Waals surface area (Å²) in [6, 6.07) is 8.71. The normalized spacial score (nSPS) is 9.00. The van der Waals surface area contributed by atoms with Crippen LogP contribution in [0.1, 0.15) is 37.8 Å². The second-order valence-corrected chi connectivity index (χ2v) is 3.47. The molecule has 0 atom stereocenters. The van der Waals surface area contributed by atoms with Gasteiger partial charge in [-0.3, -0.25) is 0 Å². The van der Waals surface area contributed by atoms with Crippen LogP contribution in [0.25, 0.3) is 0 Å². The first-order chi connectivity index (χ1) is 6.11. The first-order valence-corrected chi connectivity index (χ1v) is 4.75. The Balaban J connectivity index is 0.000000424. The molecule has 0 unspecified atom stereocenters. The van der Waals surface area contributed by atoms with E-state index in [0.717, 1.165) is 0 Å². The minimum absolute atomic E-state index is 0.653. The highest BCUT2D eigenvalue weighted by atomic mass is 14.0. The van der Waals surface area contributed by atoms with Gasteiger partial charge in [0.1, 0.15) is 0 Å². The topological polar surface area (TPSA) is 0 Å². The molecule has 0 saturated carbocycles. The van der Waals surface area contributed by atoms with Crippen LogP contribution < -0.4 is 0 Å². The van der Waals surface area contributed by atoms with Crippen molar-refractivity contribution in [1.82, 2.24) is 0 Å². The lowest BCUT2D eigenvalue weighted by Gasteiger charge is -2.03. The van der Waals surface area contributed by atoms with Crippen LogP contribution in [0.5, 0.6) is 0 Å². The fraction of sp³-hybridized carbons (Fsp3) is 0.385. The van der Waals surface area contributed by atoms with E-state index in [1.54, 1.807) is 6.08 Å². The Hall–Kier alpha value is -1.04. The molecule has 0 aliphatic carbocycles. The van der Waals surface area contributed by atoms with Crippen molar-refractivity contribution in [2.45, 2.75) is 33.6 Å². The van der Waals surface area contributed by atoms with Crippen molar-refractivity contribution in [2.24, 2.45) is 0 Å². The highest BCUT2D eigenvalue weighted by Gasteiger charge is 1.95. The number of hydrogen-bond acceptors (Lipinski definition) is 0. The van der Waals surface area contributed by atoms with E-state index in [1.165, 1.54) is 11.1 Å². The molecule has 0 aromatic heterocycles. The maximum atomic E-state index is 3.36. The summed E-state index contributed by atoms with van der Waals surface area (Å²) in [4.78, 5) is 0. The van der Waals surface area contributed by atoms with Gasteiger partial charge in [-0.25, -0.2) is 0 Å². The van der Waals surface area contributed by atoms with Crippen molar-refractivity contribution in [1.29, 1.82) is 0 Å². The molecule has 0 radical (unpaired) electrons. The highest BCUT2D eigenvalue weighted by Crippen LogP contribution is 2.13. The monoisotopic (exact) mass is 176 g/mol. The second-order valence-electron chi connectivity index (χ2n) is 3.47. The minimum Gasteiger partial charge on any atom is -0.103 e. The van der Waals surface area contributed by atoms with E-state index in [-0.39, 0.29) is 0 Å². The SMILES string of the molecule is C=CC.Cc1ccc(C(C)C)cc1. The van der Waals surface area contributed by atoms with Crippen LogP contribution in [0, 0.1) is 6.92 Å². The lowest BCUT2D eigenvalue weighted by molar-refractivity contribution is 0.866. The van der Waals surface area contributed by atoms with Crippen molar-refractivity contribution >= 4 is 0 Å². The number of aryl methyl sites for hydroxylation is 1. The molecule has 0 aliphatic rings. The molecule has 1 rings (SSSR count). The van der Waals surface area contributed by atoms with Crippen LogP contribution in [0.15, 0.2) is 36.9 Å². The van der Waals surface area contributed by atoms with E-state index < -0.39 is 0 Å². The van der Waals surface area contributed by atoms with Crippen molar-refractivity contribution in [3.63, 3.8) is 0 Å². The van der Waals surface area contributed by atoms with Gasteiger partial charge in [-0.1, -0.05) is 49.8 Å². The van der Waals surface area contributed by atoms with Gasteiger partial charge in [-0.2, -0.15) is 0 Å². The third-order valence-corrected chi connectivity index (χ3v) is 1.74. The Bertz CT molecular complexity index is 229. The molecular formula is C13H20. The van der Waals surface area contributed by atoms with Gasteiger partial charge in [0.15, 0.2) is 0 Å². The van der Waals surface area contributed by atoms with Gasteiger partial charge in [0.2, 0.25) is 0 Å². The summed E-state index contributed by atoms with van der Waals surface area (Å²) in [5.74, 6) is 0.653. The average molecular weight is 176 g/mol. The van der Waals surface area contributed by atoms with Crippen LogP contribution in [0.3, 0.4) is 0 Å². The number of hydrogen-bond donors (Lipinski definition) is 0. The molecule has 0 saturated heterocycles. The number of rotatable bonds is 1. The summed E-state index contributed by atoms with van der Waals surface area (Å²) in [7, 11) is 0. The molecular weight excluding hydrogens is 156 g/mol. The summed E-state index contributed by atoms with van der Waals surface area (Å²) in [5.41, 5.74) is 2.76. The number of benzene rings is 1. The van der Waals surface area contributed by atoms with Crippen LogP contribution in [0.2, 0.25) is 0 Å². The Morgan fingerprint density at radius 1 is 1.15 bits per heavy atom. The van der Waals surface area contributed by atoms with E-state index >= 15 is 0 Å². The average Bonchev–Trinajstić information content (AvgIpc) is 2.06. The molecule has 0 heteroatoms. The fourth-order valence-corrected chi connectivity index (χ4v) is 0.951.